The third-order valence-corrected chi connectivity index (χ3v) is 6.65. The first-order valence-corrected chi connectivity index (χ1v) is 10.3. The van der Waals surface area contributed by atoms with E-state index in [1.54, 1.807) is 0 Å². The van der Waals surface area contributed by atoms with Gasteiger partial charge in [-0.3, -0.25) is 4.79 Å². The molecule has 3 rings (SSSR count). The Kier molecular flexibility index (Phi) is 10.3. The highest BCUT2D eigenvalue weighted by Crippen LogP contribution is 2.41. The second-order valence-corrected chi connectivity index (χ2v) is 8.52. The molecule has 2 aliphatic rings. The summed E-state index contributed by atoms with van der Waals surface area (Å²) in [5, 5.41) is 3.24. The van der Waals surface area contributed by atoms with Crippen LogP contribution in [-0.4, -0.2) is 37.5 Å². The lowest BCUT2D eigenvalue weighted by atomic mass is 9.65. The predicted octanol–water partition coefficient (Wildman–Crippen LogP) is 3.97. The standard InChI is InChI=1S/C22H35N3O.2ClH/c1-4-15-8-10-16(11-9-15)20(25(2)3)14-24-22(26)19-12-17-6-5-7-18(13-19)21(17)23;;/h8-11,17-21H,4-7,12-14,23H2,1-3H3,(H,24,26);2*1H. The molecule has 2 saturated carbocycles. The summed E-state index contributed by atoms with van der Waals surface area (Å²) >= 11 is 0. The molecule has 4 nitrogen and oxygen atoms in total. The molecule has 1 amide bonds. The Hall–Kier alpha value is -0.810. The average Bonchev–Trinajstić information content (AvgIpc) is 2.61. The van der Waals surface area contributed by atoms with Crippen LogP contribution < -0.4 is 11.1 Å². The minimum atomic E-state index is 0. The van der Waals surface area contributed by atoms with E-state index in [2.05, 4.69) is 55.5 Å². The minimum Gasteiger partial charge on any atom is -0.354 e. The molecule has 0 saturated heterocycles. The molecule has 2 aliphatic carbocycles. The van der Waals surface area contributed by atoms with Crippen molar-refractivity contribution >= 4 is 30.7 Å². The molecular weight excluding hydrogens is 393 g/mol. The van der Waals surface area contributed by atoms with Gasteiger partial charge >= 0.3 is 0 Å². The van der Waals surface area contributed by atoms with E-state index in [1.165, 1.54) is 30.4 Å². The second-order valence-electron chi connectivity index (χ2n) is 8.52. The van der Waals surface area contributed by atoms with Crippen molar-refractivity contribution in [2.75, 3.05) is 20.6 Å². The molecule has 0 spiro atoms. The van der Waals surface area contributed by atoms with Crippen molar-refractivity contribution < 1.29 is 4.79 Å². The van der Waals surface area contributed by atoms with Crippen LogP contribution >= 0.6 is 24.8 Å². The highest BCUT2D eigenvalue weighted by Gasteiger charge is 2.40. The molecule has 3 atom stereocenters. The largest absolute Gasteiger partial charge is 0.354 e. The number of carbonyl (C=O) groups excluding carboxylic acids is 1. The Labute approximate surface area is 182 Å². The van der Waals surface area contributed by atoms with Gasteiger partial charge in [0.1, 0.15) is 0 Å². The number of rotatable bonds is 6. The molecule has 160 valence electrons. The van der Waals surface area contributed by atoms with Crippen molar-refractivity contribution in [1.29, 1.82) is 0 Å². The number of hydrogen-bond donors (Lipinski definition) is 2. The van der Waals surface area contributed by atoms with Crippen LogP contribution in [0.4, 0.5) is 0 Å². The first kappa shape index (κ1) is 25.2. The second kappa shape index (κ2) is 11.4. The summed E-state index contributed by atoms with van der Waals surface area (Å²) in [5.74, 6) is 1.47. The topological polar surface area (TPSA) is 58.4 Å². The lowest BCUT2D eigenvalue weighted by Gasteiger charge is -2.43. The molecule has 1 aromatic rings. The third kappa shape index (κ3) is 5.85. The Balaban J connectivity index is 0.00000196. The predicted molar refractivity (Wildman–Crippen MR) is 121 cm³/mol. The van der Waals surface area contributed by atoms with Gasteiger partial charge in [0.2, 0.25) is 5.91 Å². The first-order valence-electron chi connectivity index (χ1n) is 10.3. The number of likely N-dealkylation sites (N-methyl/N-ethyl adjacent to an activating group) is 1. The van der Waals surface area contributed by atoms with Crippen molar-refractivity contribution in [2.24, 2.45) is 23.5 Å². The van der Waals surface area contributed by atoms with E-state index >= 15 is 0 Å². The normalized spacial score (nSPS) is 27.3. The van der Waals surface area contributed by atoms with Crippen molar-refractivity contribution in [3.63, 3.8) is 0 Å². The van der Waals surface area contributed by atoms with Gasteiger partial charge in [-0.05, 0) is 69.2 Å². The number of hydrogen-bond acceptors (Lipinski definition) is 3. The quantitative estimate of drug-likeness (QED) is 0.718. The summed E-state index contributed by atoms with van der Waals surface area (Å²) < 4.78 is 0. The van der Waals surface area contributed by atoms with Crippen LogP contribution in [0.1, 0.15) is 56.2 Å². The number of nitrogens with zero attached hydrogens (tertiary/aromatic N) is 1. The summed E-state index contributed by atoms with van der Waals surface area (Å²) in [6.07, 6.45) is 6.68. The van der Waals surface area contributed by atoms with Crippen LogP contribution in [0.5, 0.6) is 0 Å². The zero-order valence-electron chi connectivity index (χ0n) is 17.4. The highest BCUT2D eigenvalue weighted by molar-refractivity contribution is 5.85. The lowest BCUT2D eigenvalue weighted by Crippen LogP contribution is -2.49. The van der Waals surface area contributed by atoms with Crippen molar-refractivity contribution in [3.05, 3.63) is 35.4 Å². The zero-order valence-corrected chi connectivity index (χ0v) is 19.0. The van der Waals surface area contributed by atoms with E-state index in [0.29, 0.717) is 24.4 Å². The average molecular weight is 430 g/mol. The fourth-order valence-electron chi connectivity index (χ4n) is 4.92. The molecule has 3 unspecified atom stereocenters. The van der Waals surface area contributed by atoms with E-state index in [4.69, 9.17) is 5.73 Å². The molecule has 3 N–H and O–H groups in total. The first-order chi connectivity index (χ1) is 12.5. The van der Waals surface area contributed by atoms with Gasteiger partial charge in [0.15, 0.2) is 0 Å². The van der Waals surface area contributed by atoms with Crippen molar-refractivity contribution in [2.45, 2.75) is 57.5 Å². The molecule has 28 heavy (non-hydrogen) atoms. The van der Waals surface area contributed by atoms with Gasteiger partial charge in [0.25, 0.3) is 0 Å². The molecule has 6 heteroatoms. The van der Waals surface area contributed by atoms with Gasteiger partial charge in [-0.1, -0.05) is 37.6 Å². The van der Waals surface area contributed by atoms with E-state index in [-0.39, 0.29) is 42.7 Å². The Morgan fingerprint density at radius 3 is 2.21 bits per heavy atom. The molecule has 0 heterocycles. The van der Waals surface area contributed by atoms with Gasteiger partial charge in [0, 0.05) is 18.5 Å². The minimum absolute atomic E-state index is 0. The monoisotopic (exact) mass is 429 g/mol. The van der Waals surface area contributed by atoms with Gasteiger partial charge < -0.3 is 16.0 Å². The van der Waals surface area contributed by atoms with Crippen LogP contribution in [0.25, 0.3) is 0 Å². The number of halogens is 2. The third-order valence-electron chi connectivity index (χ3n) is 6.65. The fourth-order valence-corrected chi connectivity index (χ4v) is 4.92. The Morgan fingerprint density at radius 1 is 1.14 bits per heavy atom. The van der Waals surface area contributed by atoms with Gasteiger partial charge in [-0.2, -0.15) is 0 Å². The van der Waals surface area contributed by atoms with Crippen LogP contribution in [0.3, 0.4) is 0 Å². The Morgan fingerprint density at radius 2 is 1.71 bits per heavy atom. The number of nitrogens with two attached hydrogens (primary N) is 1. The van der Waals surface area contributed by atoms with E-state index in [9.17, 15) is 4.79 Å². The molecule has 0 radical (unpaired) electrons. The van der Waals surface area contributed by atoms with Crippen LogP contribution in [0.2, 0.25) is 0 Å². The smallest absolute Gasteiger partial charge is 0.223 e. The maximum absolute atomic E-state index is 12.8. The molecule has 1 aromatic carbocycles. The van der Waals surface area contributed by atoms with Gasteiger partial charge in [-0.15, -0.1) is 24.8 Å². The highest BCUT2D eigenvalue weighted by atomic mass is 35.5. The number of nitrogens with one attached hydrogen (secondary N) is 1. The maximum Gasteiger partial charge on any atom is 0.223 e. The number of benzene rings is 1. The fraction of sp³-hybridized carbons (Fsp3) is 0.682. The van der Waals surface area contributed by atoms with E-state index in [0.717, 1.165) is 19.3 Å². The van der Waals surface area contributed by atoms with Crippen LogP contribution in [-0.2, 0) is 11.2 Å². The van der Waals surface area contributed by atoms with Crippen molar-refractivity contribution in [1.82, 2.24) is 10.2 Å². The molecule has 2 fully saturated rings. The van der Waals surface area contributed by atoms with Crippen LogP contribution in [0, 0.1) is 17.8 Å². The summed E-state index contributed by atoms with van der Waals surface area (Å²) in [6, 6.07) is 9.29. The Bertz CT molecular complexity index is 594. The van der Waals surface area contributed by atoms with E-state index < -0.39 is 0 Å². The zero-order chi connectivity index (χ0) is 18.7. The number of carbonyl (C=O) groups is 1. The molecular formula is C22H37Cl2N3O. The lowest BCUT2D eigenvalue weighted by molar-refractivity contribution is -0.128. The van der Waals surface area contributed by atoms with E-state index in [1.807, 2.05) is 0 Å². The SMILES string of the molecule is CCc1ccc(C(CNC(=O)C2CC3CCCC(C2)C3N)N(C)C)cc1.Cl.Cl. The van der Waals surface area contributed by atoms with Crippen LogP contribution in [0.15, 0.2) is 24.3 Å². The number of fused-ring (bicyclic) bond motifs is 2. The summed E-state index contributed by atoms with van der Waals surface area (Å²) in [5.41, 5.74) is 8.98. The molecule has 0 aliphatic heterocycles. The molecule has 2 bridgehead atoms. The number of amides is 1. The maximum atomic E-state index is 12.8. The summed E-state index contributed by atoms with van der Waals surface area (Å²) in [7, 11) is 4.16. The number of aryl methyl sites for hydroxylation is 1. The summed E-state index contributed by atoms with van der Waals surface area (Å²) in [6.45, 7) is 2.83. The van der Waals surface area contributed by atoms with Gasteiger partial charge in [0.05, 0.1) is 6.04 Å². The van der Waals surface area contributed by atoms with Crippen molar-refractivity contribution in [3.8, 4) is 0 Å². The summed E-state index contributed by atoms with van der Waals surface area (Å²) in [4.78, 5) is 15.0. The van der Waals surface area contributed by atoms with Gasteiger partial charge in [-0.25, -0.2) is 0 Å². The molecule has 0 aromatic heterocycles.